The maximum Gasteiger partial charge on any atom is 0.340 e. The minimum absolute atomic E-state index is 0.114. The van der Waals surface area contributed by atoms with Gasteiger partial charge in [0.05, 0.1) is 18.4 Å². The Kier molecular flexibility index (Phi) is 5.63. The second-order valence-electron chi connectivity index (χ2n) is 3.13. The highest BCUT2D eigenvalue weighted by molar-refractivity contribution is 9.11. The third kappa shape index (κ3) is 3.94. The standard InChI is InChI=1S/C9H8Br3NO4S/c1-17-9(14)6-2-5(11)3-7(12)8(6)13-18(15,16)4-10/h2-3,13H,4H2,1H3. The van der Waals surface area contributed by atoms with Gasteiger partial charge in [0, 0.05) is 8.95 Å². The molecule has 0 saturated heterocycles. The number of nitrogens with one attached hydrogen (secondary N) is 1. The molecule has 0 aliphatic heterocycles. The quantitative estimate of drug-likeness (QED) is 0.548. The average molecular weight is 466 g/mol. The maximum atomic E-state index is 11.6. The molecule has 100 valence electrons. The van der Waals surface area contributed by atoms with E-state index in [-0.39, 0.29) is 15.9 Å². The molecular weight excluding hydrogens is 458 g/mol. The minimum Gasteiger partial charge on any atom is -0.465 e. The summed E-state index contributed by atoms with van der Waals surface area (Å²) in [5, 5.41) is 0. The predicted octanol–water partition coefficient (Wildman–Crippen LogP) is 3.09. The van der Waals surface area contributed by atoms with Crippen LogP contribution < -0.4 is 4.72 Å². The summed E-state index contributed by atoms with van der Waals surface area (Å²) in [4.78, 5) is 11.6. The first-order valence-electron chi connectivity index (χ1n) is 4.44. The van der Waals surface area contributed by atoms with Crippen LogP contribution in [0.5, 0.6) is 0 Å². The van der Waals surface area contributed by atoms with E-state index in [4.69, 9.17) is 0 Å². The van der Waals surface area contributed by atoms with Crippen LogP contribution >= 0.6 is 47.8 Å². The Morgan fingerprint density at radius 2 is 2.00 bits per heavy atom. The maximum absolute atomic E-state index is 11.6. The molecule has 0 saturated carbocycles. The molecule has 0 unspecified atom stereocenters. The molecule has 9 heteroatoms. The van der Waals surface area contributed by atoms with Gasteiger partial charge in [-0.3, -0.25) is 4.72 Å². The number of halogens is 3. The molecule has 0 bridgehead atoms. The zero-order valence-corrected chi connectivity index (χ0v) is 14.6. The summed E-state index contributed by atoms with van der Waals surface area (Å²) >= 11 is 9.27. The van der Waals surface area contributed by atoms with Crippen molar-refractivity contribution in [3.05, 3.63) is 26.6 Å². The first kappa shape index (κ1) is 15.9. The molecular formula is C9H8Br3NO4S. The van der Waals surface area contributed by atoms with Crippen molar-refractivity contribution in [2.75, 3.05) is 16.5 Å². The number of ether oxygens (including phenoxy) is 1. The molecule has 0 heterocycles. The number of anilines is 1. The molecule has 1 aromatic rings. The van der Waals surface area contributed by atoms with E-state index < -0.39 is 16.0 Å². The van der Waals surface area contributed by atoms with Gasteiger partial charge in [-0.05, 0) is 28.1 Å². The predicted molar refractivity (Wildman–Crippen MR) is 79.5 cm³/mol. The number of hydrogen-bond acceptors (Lipinski definition) is 4. The zero-order valence-electron chi connectivity index (χ0n) is 9.04. The molecule has 18 heavy (non-hydrogen) atoms. The number of methoxy groups -OCH3 is 1. The molecule has 0 aromatic heterocycles. The number of benzene rings is 1. The van der Waals surface area contributed by atoms with Crippen molar-refractivity contribution < 1.29 is 17.9 Å². The number of alkyl halides is 1. The monoisotopic (exact) mass is 463 g/mol. The molecule has 0 atom stereocenters. The van der Waals surface area contributed by atoms with E-state index in [9.17, 15) is 13.2 Å². The third-order valence-corrected chi connectivity index (χ3v) is 5.56. The molecule has 0 radical (unpaired) electrons. The van der Waals surface area contributed by atoms with Crippen molar-refractivity contribution in [3.63, 3.8) is 0 Å². The van der Waals surface area contributed by atoms with E-state index in [0.29, 0.717) is 8.95 Å². The van der Waals surface area contributed by atoms with Crippen molar-refractivity contribution >= 4 is 69.5 Å². The summed E-state index contributed by atoms with van der Waals surface area (Å²) in [7, 11) is -2.34. The van der Waals surface area contributed by atoms with Crippen LogP contribution in [0.25, 0.3) is 0 Å². The van der Waals surface area contributed by atoms with E-state index in [2.05, 4.69) is 57.2 Å². The van der Waals surface area contributed by atoms with Gasteiger partial charge in [-0.2, -0.15) is 0 Å². The first-order valence-corrected chi connectivity index (χ1v) is 8.80. The Hall–Kier alpha value is -0.120. The van der Waals surface area contributed by atoms with Gasteiger partial charge in [0.15, 0.2) is 0 Å². The van der Waals surface area contributed by atoms with E-state index in [1.54, 1.807) is 6.07 Å². The Morgan fingerprint density at radius 1 is 1.39 bits per heavy atom. The lowest BCUT2D eigenvalue weighted by atomic mass is 10.2. The number of rotatable bonds is 4. The number of esters is 1. The molecule has 0 amide bonds. The number of sulfonamides is 1. The van der Waals surface area contributed by atoms with Gasteiger partial charge in [-0.15, -0.1) is 0 Å². The van der Waals surface area contributed by atoms with Crippen molar-refractivity contribution in [2.45, 2.75) is 0 Å². The Bertz CT molecular complexity index is 573. The molecule has 1 N–H and O–H groups in total. The van der Waals surface area contributed by atoms with Crippen LogP contribution in [-0.2, 0) is 14.8 Å². The molecule has 1 aromatic carbocycles. The molecule has 0 spiro atoms. The van der Waals surface area contributed by atoms with Crippen LogP contribution in [0.1, 0.15) is 10.4 Å². The van der Waals surface area contributed by atoms with Crippen molar-refractivity contribution in [2.24, 2.45) is 0 Å². The summed E-state index contributed by atoms with van der Waals surface area (Å²) in [6, 6.07) is 3.10. The van der Waals surface area contributed by atoms with E-state index in [1.807, 2.05) is 0 Å². The van der Waals surface area contributed by atoms with Crippen LogP contribution in [0.15, 0.2) is 21.1 Å². The van der Waals surface area contributed by atoms with Gasteiger partial charge >= 0.3 is 5.97 Å². The van der Waals surface area contributed by atoms with Crippen LogP contribution in [-0.4, -0.2) is 26.2 Å². The lowest BCUT2D eigenvalue weighted by Gasteiger charge is -2.12. The Morgan fingerprint density at radius 3 is 2.50 bits per heavy atom. The van der Waals surface area contributed by atoms with Gasteiger partial charge in [0.1, 0.15) is 4.66 Å². The fraction of sp³-hybridized carbons (Fsp3) is 0.222. The lowest BCUT2D eigenvalue weighted by Crippen LogP contribution is -2.17. The van der Waals surface area contributed by atoms with E-state index in [1.165, 1.54) is 13.2 Å². The fourth-order valence-electron chi connectivity index (χ4n) is 1.13. The molecule has 1 rings (SSSR count). The highest BCUT2D eigenvalue weighted by Crippen LogP contribution is 2.32. The van der Waals surface area contributed by atoms with Crippen molar-refractivity contribution in [1.29, 1.82) is 0 Å². The van der Waals surface area contributed by atoms with E-state index >= 15 is 0 Å². The fourth-order valence-corrected chi connectivity index (χ4v) is 3.52. The summed E-state index contributed by atoms with van der Waals surface area (Å²) in [6.07, 6.45) is 0. The van der Waals surface area contributed by atoms with Crippen LogP contribution in [0, 0.1) is 0 Å². The summed E-state index contributed by atoms with van der Waals surface area (Å²) in [5.41, 5.74) is 0.257. The van der Waals surface area contributed by atoms with Crippen LogP contribution in [0.4, 0.5) is 5.69 Å². The van der Waals surface area contributed by atoms with Gasteiger partial charge in [-0.1, -0.05) is 31.9 Å². The highest BCUT2D eigenvalue weighted by atomic mass is 79.9. The minimum atomic E-state index is -3.56. The third-order valence-electron chi connectivity index (χ3n) is 1.86. The lowest BCUT2D eigenvalue weighted by molar-refractivity contribution is 0.0602. The Labute approximate surface area is 130 Å². The molecule has 0 aliphatic rings. The molecule has 5 nitrogen and oxygen atoms in total. The van der Waals surface area contributed by atoms with Gasteiger partial charge < -0.3 is 4.74 Å². The second kappa shape index (κ2) is 6.36. The zero-order chi connectivity index (χ0) is 13.9. The highest BCUT2D eigenvalue weighted by Gasteiger charge is 2.20. The normalized spacial score (nSPS) is 11.1. The first-order chi connectivity index (χ1) is 8.30. The topological polar surface area (TPSA) is 72.5 Å². The van der Waals surface area contributed by atoms with Crippen LogP contribution in [0.3, 0.4) is 0 Å². The number of carbonyl (C=O) groups excluding carboxylic acids is 1. The van der Waals surface area contributed by atoms with Gasteiger partial charge in [0.2, 0.25) is 10.0 Å². The number of hydrogen-bond donors (Lipinski definition) is 1. The second-order valence-corrected chi connectivity index (χ2v) is 7.92. The number of carbonyl (C=O) groups is 1. The van der Waals surface area contributed by atoms with Gasteiger partial charge in [0.25, 0.3) is 0 Å². The summed E-state index contributed by atoms with van der Waals surface area (Å²) in [5.74, 6) is -0.635. The Balaban J connectivity index is 3.37. The van der Waals surface area contributed by atoms with Crippen LogP contribution in [0.2, 0.25) is 0 Å². The SMILES string of the molecule is COC(=O)c1cc(Br)cc(Br)c1NS(=O)(=O)CBr. The van der Waals surface area contributed by atoms with Crippen molar-refractivity contribution in [1.82, 2.24) is 0 Å². The average Bonchev–Trinajstić information content (AvgIpc) is 2.31. The molecule has 0 aliphatic carbocycles. The molecule has 0 fully saturated rings. The smallest absolute Gasteiger partial charge is 0.340 e. The van der Waals surface area contributed by atoms with Crippen molar-refractivity contribution in [3.8, 4) is 0 Å². The largest absolute Gasteiger partial charge is 0.465 e. The summed E-state index contributed by atoms with van der Waals surface area (Å²) < 4.78 is 30.7. The van der Waals surface area contributed by atoms with Gasteiger partial charge in [-0.25, -0.2) is 13.2 Å². The van der Waals surface area contributed by atoms with E-state index in [0.717, 1.165) is 0 Å². The summed E-state index contributed by atoms with van der Waals surface area (Å²) in [6.45, 7) is 0.